The molecule has 0 radical (unpaired) electrons. The molecule has 0 aromatic heterocycles. The smallest absolute Gasteiger partial charge is 0.333 e. The minimum Gasteiger partial charge on any atom is -0.478 e. The summed E-state index contributed by atoms with van der Waals surface area (Å²) < 4.78 is 4.83. The molecule has 4 nitrogen and oxygen atoms in total. The monoisotopic (exact) mass is 298 g/mol. The summed E-state index contributed by atoms with van der Waals surface area (Å²) in [6.07, 6.45) is 6.15. The highest BCUT2D eigenvalue weighted by atomic mass is 16.5. The van der Waals surface area contributed by atoms with Gasteiger partial charge in [-0.25, -0.2) is 9.59 Å². The molecule has 0 bridgehead atoms. The van der Waals surface area contributed by atoms with Gasteiger partial charge in [0, 0.05) is 11.1 Å². The molecule has 0 aromatic carbocycles. The van der Waals surface area contributed by atoms with Crippen LogP contribution in [-0.4, -0.2) is 23.7 Å². The summed E-state index contributed by atoms with van der Waals surface area (Å²) in [7, 11) is 0. The average Bonchev–Trinajstić information content (AvgIpc) is 2.41. The minimum absolute atomic E-state index is 0.297. The Labute approximate surface area is 128 Å². The molecule has 0 amide bonds. The number of carbonyl (C=O) groups excluding carboxylic acids is 1. The summed E-state index contributed by atoms with van der Waals surface area (Å²) in [5.41, 5.74) is 0.918. The average molecular weight is 298 g/mol. The lowest BCUT2D eigenvalue weighted by molar-refractivity contribution is -0.140. The maximum atomic E-state index is 10.7. The maximum Gasteiger partial charge on any atom is 0.333 e. The maximum absolute atomic E-state index is 10.7. The van der Waals surface area contributed by atoms with E-state index in [2.05, 4.69) is 13.5 Å². The van der Waals surface area contributed by atoms with E-state index in [0.29, 0.717) is 23.7 Å². The predicted octanol–water partition coefficient (Wildman–Crippen LogP) is 4.36. The van der Waals surface area contributed by atoms with Crippen molar-refractivity contribution in [3.05, 3.63) is 23.8 Å². The third kappa shape index (κ3) is 16.4. The van der Waals surface area contributed by atoms with Crippen LogP contribution in [0, 0.1) is 5.92 Å². The van der Waals surface area contributed by atoms with Crippen LogP contribution < -0.4 is 0 Å². The lowest BCUT2D eigenvalue weighted by atomic mass is 10.1. The quantitative estimate of drug-likeness (QED) is 0.411. The molecule has 0 unspecified atom stereocenters. The van der Waals surface area contributed by atoms with E-state index in [0.717, 1.165) is 12.8 Å². The number of unbranched alkanes of at least 4 members (excludes halogenated alkanes) is 3. The van der Waals surface area contributed by atoms with E-state index in [9.17, 15) is 9.59 Å². The molecule has 21 heavy (non-hydrogen) atoms. The molecular weight excluding hydrogens is 268 g/mol. The largest absolute Gasteiger partial charge is 0.478 e. The van der Waals surface area contributed by atoms with E-state index < -0.39 is 5.97 Å². The molecule has 0 rings (SSSR count). The van der Waals surface area contributed by atoms with Gasteiger partial charge in [-0.05, 0) is 32.6 Å². The lowest BCUT2D eigenvalue weighted by Crippen LogP contribution is -2.09. The fourth-order valence-electron chi connectivity index (χ4n) is 1.17. The molecule has 0 heterocycles. The van der Waals surface area contributed by atoms with Crippen molar-refractivity contribution in [1.82, 2.24) is 0 Å². The number of rotatable bonds is 8. The Kier molecular flexibility index (Phi) is 13.9. The molecule has 0 saturated carbocycles. The van der Waals surface area contributed by atoms with Crippen LogP contribution in [0.1, 0.15) is 60.3 Å². The van der Waals surface area contributed by atoms with Gasteiger partial charge in [-0.3, -0.25) is 0 Å². The second-order valence-corrected chi connectivity index (χ2v) is 5.46. The standard InChI is InChI=1S/C9H16O2.C8H14O2/c1-3-4-5-6-7-8(2)9(10)11;1-6(2)5-10-8(9)7(3)4/h7H,3-6H2,1-2H3,(H,10,11);6H,3,5H2,1-2,4H3. The zero-order valence-corrected chi connectivity index (χ0v) is 14.1. The second kappa shape index (κ2) is 13.4. The van der Waals surface area contributed by atoms with E-state index >= 15 is 0 Å². The van der Waals surface area contributed by atoms with Crippen molar-refractivity contribution in [1.29, 1.82) is 0 Å². The molecule has 1 N–H and O–H groups in total. The van der Waals surface area contributed by atoms with E-state index in [-0.39, 0.29) is 5.97 Å². The predicted molar refractivity (Wildman–Crippen MR) is 86.1 cm³/mol. The van der Waals surface area contributed by atoms with Gasteiger partial charge in [0.25, 0.3) is 0 Å². The van der Waals surface area contributed by atoms with Gasteiger partial charge < -0.3 is 9.84 Å². The van der Waals surface area contributed by atoms with Crippen LogP contribution in [-0.2, 0) is 14.3 Å². The van der Waals surface area contributed by atoms with Crippen molar-refractivity contribution in [3.8, 4) is 0 Å². The summed E-state index contributed by atoms with van der Waals surface area (Å²) in [6, 6.07) is 0. The first-order valence-electron chi connectivity index (χ1n) is 7.45. The lowest BCUT2D eigenvalue weighted by Gasteiger charge is -2.05. The zero-order valence-electron chi connectivity index (χ0n) is 14.1. The number of hydrogen-bond donors (Lipinski definition) is 1. The number of carboxylic acids is 1. The Bertz CT molecular complexity index is 354. The zero-order chi connectivity index (χ0) is 16.8. The van der Waals surface area contributed by atoms with Gasteiger partial charge in [-0.1, -0.05) is 46.3 Å². The van der Waals surface area contributed by atoms with Crippen molar-refractivity contribution in [2.45, 2.75) is 60.3 Å². The van der Waals surface area contributed by atoms with E-state index in [1.54, 1.807) is 19.9 Å². The highest BCUT2D eigenvalue weighted by Gasteiger charge is 2.03. The molecule has 0 aliphatic rings. The molecule has 0 spiro atoms. The number of carbonyl (C=O) groups is 2. The van der Waals surface area contributed by atoms with Crippen LogP contribution in [0.2, 0.25) is 0 Å². The highest BCUT2D eigenvalue weighted by Crippen LogP contribution is 2.02. The van der Waals surface area contributed by atoms with E-state index in [4.69, 9.17) is 9.84 Å². The van der Waals surface area contributed by atoms with Crippen LogP contribution in [0.3, 0.4) is 0 Å². The van der Waals surface area contributed by atoms with E-state index in [1.807, 2.05) is 13.8 Å². The first-order valence-corrected chi connectivity index (χ1v) is 7.45. The number of esters is 1. The van der Waals surface area contributed by atoms with Crippen LogP contribution >= 0.6 is 0 Å². The van der Waals surface area contributed by atoms with Crippen LogP contribution in [0.4, 0.5) is 0 Å². The molecule has 0 atom stereocenters. The minimum atomic E-state index is -0.804. The van der Waals surface area contributed by atoms with Crippen molar-refractivity contribution in [2.75, 3.05) is 6.61 Å². The first-order chi connectivity index (χ1) is 9.72. The molecule has 0 aromatic rings. The first kappa shape index (κ1) is 21.7. The summed E-state index contributed by atoms with van der Waals surface area (Å²) in [4.78, 5) is 21.0. The number of aliphatic carboxylic acids is 1. The third-order valence-electron chi connectivity index (χ3n) is 2.49. The molecule has 0 aliphatic heterocycles. The second-order valence-electron chi connectivity index (χ2n) is 5.46. The molecule has 0 aliphatic carbocycles. The fourth-order valence-corrected chi connectivity index (χ4v) is 1.17. The fraction of sp³-hybridized carbons (Fsp3) is 0.647. The highest BCUT2D eigenvalue weighted by molar-refractivity contribution is 5.87. The normalized spacial score (nSPS) is 10.7. The van der Waals surface area contributed by atoms with Crippen molar-refractivity contribution in [2.24, 2.45) is 5.92 Å². The van der Waals surface area contributed by atoms with Gasteiger partial charge >= 0.3 is 11.9 Å². The molecular formula is C17H30O4. The molecule has 0 saturated heterocycles. The molecule has 0 fully saturated rings. The van der Waals surface area contributed by atoms with Crippen LogP contribution in [0.5, 0.6) is 0 Å². The molecule has 4 heteroatoms. The molecule has 122 valence electrons. The topological polar surface area (TPSA) is 63.6 Å². The van der Waals surface area contributed by atoms with Gasteiger partial charge in [0.1, 0.15) is 0 Å². The number of hydrogen-bond acceptors (Lipinski definition) is 3. The van der Waals surface area contributed by atoms with Crippen molar-refractivity contribution < 1.29 is 19.4 Å². The Morgan fingerprint density at radius 2 is 1.81 bits per heavy atom. The Morgan fingerprint density at radius 3 is 2.19 bits per heavy atom. The Hall–Kier alpha value is -1.58. The number of carboxylic acid groups (broad SMARTS) is 1. The van der Waals surface area contributed by atoms with Gasteiger partial charge in [0.05, 0.1) is 6.61 Å². The van der Waals surface area contributed by atoms with Gasteiger partial charge in [-0.15, -0.1) is 0 Å². The Morgan fingerprint density at radius 1 is 1.24 bits per heavy atom. The van der Waals surface area contributed by atoms with Crippen LogP contribution in [0.15, 0.2) is 23.8 Å². The van der Waals surface area contributed by atoms with Gasteiger partial charge in [0.2, 0.25) is 0 Å². The van der Waals surface area contributed by atoms with Gasteiger partial charge in [0.15, 0.2) is 0 Å². The summed E-state index contributed by atoms with van der Waals surface area (Å²) in [5.74, 6) is -0.710. The summed E-state index contributed by atoms with van der Waals surface area (Å²) >= 11 is 0. The van der Waals surface area contributed by atoms with Crippen molar-refractivity contribution >= 4 is 11.9 Å². The summed E-state index contributed by atoms with van der Waals surface area (Å²) in [6.45, 7) is 13.3. The number of allylic oxidation sites excluding steroid dienone is 1. The van der Waals surface area contributed by atoms with E-state index in [1.165, 1.54) is 12.8 Å². The Balaban J connectivity index is 0. The number of ether oxygens (including phenoxy) is 1. The van der Waals surface area contributed by atoms with Crippen LogP contribution in [0.25, 0.3) is 0 Å². The third-order valence-corrected chi connectivity index (χ3v) is 2.49. The summed E-state index contributed by atoms with van der Waals surface area (Å²) in [5, 5.41) is 8.47. The van der Waals surface area contributed by atoms with Gasteiger partial charge in [-0.2, -0.15) is 0 Å². The SMILES string of the molecule is C=C(C)C(=O)OCC(C)C.CCCCCC=C(C)C(=O)O. The van der Waals surface area contributed by atoms with Crippen molar-refractivity contribution in [3.63, 3.8) is 0 Å².